The Morgan fingerprint density at radius 3 is 2.38 bits per heavy atom. The summed E-state index contributed by atoms with van der Waals surface area (Å²) in [4.78, 5) is 16.3. The molecular formula is C20H18KNO6S. The van der Waals surface area contributed by atoms with Gasteiger partial charge in [-0.05, 0) is 48.7 Å². The molecule has 0 N–H and O–H groups in total. The van der Waals surface area contributed by atoms with Crippen molar-refractivity contribution in [2.75, 3.05) is 12.4 Å². The molecular weight excluding hydrogens is 421 g/mol. The van der Waals surface area contributed by atoms with Crippen LogP contribution in [0.15, 0.2) is 65.3 Å². The number of cyclic esters (lactones) is 1. The molecule has 7 nitrogen and oxygen atoms in total. The van der Waals surface area contributed by atoms with E-state index in [1.807, 2.05) is 30.3 Å². The van der Waals surface area contributed by atoms with Crippen molar-refractivity contribution in [3.05, 3.63) is 71.4 Å². The summed E-state index contributed by atoms with van der Waals surface area (Å²) in [5.74, 6) is -0.0104. The molecule has 1 aliphatic heterocycles. The van der Waals surface area contributed by atoms with E-state index in [2.05, 4.69) is 4.99 Å². The number of esters is 1. The van der Waals surface area contributed by atoms with E-state index >= 15 is 0 Å². The van der Waals surface area contributed by atoms with Crippen molar-refractivity contribution >= 4 is 28.1 Å². The molecule has 0 aliphatic carbocycles. The van der Waals surface area contributed by atoms with Crippen LogP contribution in [0.3, 0.4) is 0 Å². The molecule has 0 saturated heterocycles. The van der Waals surface area contributed by atoms with Crippen molar-refractivity contribution in [1.82, 2.24) is 0 Å². The number of rotatable bonds is 8. The van der Waals surface area contributed by atoms with Crippen molar-refractivity contribution < 1.29 is 78.6 Å². The largest absolute Gasteiger partial charge is 1.00 e. The molecule has 1 heterocycles. The second-order valence-corrected chi connectivity index (χ2v) is 7.61. The predicted octanol–water partition coefficient (Wildman–Crippen LogP) is -0.261. The van der Waals surface area contributed by atoms with E-state index in [1.54, 1.807) is 30.3 Å². The predicted molar refractivity (Wildman–Crippen MR) is 103 cm³/mol. The molecule has 1 aliphatic rings. The fourth-order valence-electron chi connectivity index (χ4n) is 2.50. The first-order valence-electron chi connectivity index (χ1n) is 8.65. The molecule has 0 spiro atoms. The van der Waals surface area contributed by atoms with Crippen LogP contribution in [-0.2, 0) is 19.6 Å². The summed E-state index contributed by atoms with van der Waals surface area (Å²) in [6.07, 6.45) is 2.36. The molecule has 0 unspecified atom stereocenters. The molecule has 2 aromatic carbocycles. The van der Waals surface area contributed by atoms with Crippen molar-refractivity contribution in [3.63, 3.8) is 0 Å². The molecule has 0 aromatic heterocycles. The molecule has 9 heteroatoms. The van der Waals surface area contributed by atoms with E-state index in [9.17, 15) is 17.8 Å². The Balaban J connectivity index is 0.00000300. The van der Waals surface area contributed by atoms with Gasteiger partial charge in [0.15, 0.2) is 5.70 Å². The van der Waals surface area contributed by atoms with Crippen LogP contribution < -0.4 is 56.1 Å². The van der Waals surface area contributed by atoms with E-state index in [4.69, 9.17) is 9.47 Å². The fourth-order valence-corrected chi connectivity index (χ4v) is 3.06. The van der Waals surface area contributed by atoms with Gasteiger partial charge in [-0.25, -0.2) is 18.2 Å². The molecule has 0 atom stereocenters. The van der Waals surface area contributed by atoms with Crippen LogP contribution in [0.5, 0.6) is 5.75 Å². The first-order valence-corrected chi connectivity index (χ1v) is 10.2. The number of benzene rings is 2. The minimum absolute atomic E-state index is 0. The minimum Gasteiger partial charge on any atom is -0.748 e. The van der Waals surface area contributed by atoms with Crippen LogP contribution in [0.4, 0.5) is 0 Å². The van der Waals surface area contributed by atoms with Crippen LogP contribution >= 0.6 is 0 Å². The van der Waals surface area contributed by atoms with Gasteiger partial charge >= 0.3 is 57.4 Å². The summed E-state index contributed by atoms with van der Waals surface area (Å²) >= 11 is 0. The summed E-state index contributed by atoms with van der Waals surface area (Å²) in [6, 6.07) is 16.2. The molecule has 29 heavy (non-hydrogen) atoms. The maximum atomic E-state index is 12.0. The van der Waals surface area contributed by atoms with Crippen LogP contribution in [0, 0.1) is 0 Å². The van der Waals surface area contributed by atoms with Gasteiger partial charge in [0.1, 0.15) is 5.75 Å². The Morgan fingerprint density at radius 1 is 1.03 bits per heavy atom. The Bertz CT molecular complexity index is 1000. The van der Waals surface area contributed by atoms with E-state index in [0.717, 1.165) is 11.1 Å². The minimum atomic E-state index is -4.17. The first kappa shape index (κ1) is 23.9. The molecule has 0 amide bonds. The Kier molecular flexibility index (Phi) is 9.22. The zero-order valence-corrected chi connectivity index (χ0v) is 19.8. The number of hydrogen-bond acceptors (Lipinski definition) is 7. The number of ether oxygens (including phenoxy) is 2. The van der Waals surface area contributed by atoms with E-state index in [0.29, 0.717) is 18.8 Å². The average Bonchev–Trinajstić information content (AvgIpc) is 3.03. The zero-order valence-electron chi connectivity index (χ0n) is 15.9. The SMILES string of the molecule is O=C1OC(c2ccccc2)=N/C1=C/c1ccc(OCCCCS(=O)(=O)[O-])cc1.[K+]. The standard InChI is InChI=1S/C20H19NO6S.K/c22-20-18(21-19(27-20)16-6-2-1-3-7-16)14-15-8-10-17(11-9-15)26-12-4-5-13-28(23,24)25;/h1-3,6-11,14H,4-5,12-13H2,(H,23,24,25);/q;+1/p-1/b18-14+;. The van der Waals surface area contributed by atoms with Gasteiger partial charge in [0.05, 0.1) is 16.7 Å². The van der Waals surface area contributed by atoms with Crippen LogP contribution in [0.1, 0.15) is 24.0 Å². The molecule has 0 saturated carbocycles. The third-order valence-electron chi connectivity index (χ3n) is 3.88. The summed E-state index contributed by atoms with van der Waals surface area (Å²) < 4.78 is 42.3. The number of hydrogen-bond donors (Lipinski definition) is 0. The maximum absolute atomic E-state index is 12.0. The zero-order chi connectivity index (χ0) is 20.0. The van der Waals surface area contributed by atoms with Crippen molar-refractivity contribution in [3.8, 4) is 5.75 Å². The third kappa shape index (κ3) is 7.78. The van der Waals surface area contributed by atoms with Crippen molar-refractivity contribution in [2.45, 2.75) is 12.8 Å². The van der Waals surface area contributed by atoms with Crippen LogP contribution in [0.25, 0.3) is 6.08 Å². The van der Waals surface area contributed by atoms with Crippen molar-refractivity contribution in [1.29, 1.82) is 0 Å². The van der Waals surface area contributed by atoms with E-state index in [-0.39, 0.29) is 75.2 Å². The number of carbonyl (C=O) groups excluding carboxylic acids is 1. The number of unbranched alkanes of at least 4 members (excludes halogenated alkanes) is 1. The van der Waals surface area contributed by atoms with Gasteiger partial charge in [-0.2, -0.15) is 0 Å². The second-order valence-electron chi connectivity index (χ2n) is 6.09. The summed E-state index contributed by atoms with van der Waals surface area (Å²) in [5, 5.41) is 0. The second kappa shape index (κ2) is 11.2. The Labute approximate surface area is 212 Å². The molecule has 146 valence electrons. The van der Waals surface area contributed by atoms with Gasteiger partial charge in [-0.1, -0.05) is 30.3 Å². The van der Waals surface area contributed by atoms with Gasteiger partial charge in [-0.15, -0.1) is 0 Å². The Morgan fingerprint density at radius 2 is 1.72 bits per heavy atom. The summed E-state index contributed by atoms with van der Waals surface area (Å²) in [6.45, 7) is 0.313. The third-order valence-corrected chi connectivity index (χ3v) is 4.67. The van der Waals surface area contributed by atoms with Gasteiger partial charge in [0.25, 0.3) is 0 Å². The molecule has 0 fully saturated rings. The number of nitrogens with zero attached hydrogens (tertiary/aromatic N) is 1. The van der Waals surface area contributed by atoms with Crippen LogP contribution in [0.2, 0.25) is 0 Å². The molecule has 2 aromatic rings. The quantitative estimate of drug-likeness (QED) is 0.185. The van der Waals surface area contributed by atoms with Gasteiger partial charge < -0.3 is 14.0 Å². The topological polar surface area (TPSA) is 105 Å². The van der Waals surface area contributed by atoms with Crippen LogP contribution in [-0.4, -0.2) is 37.2 Å². The number of carbonyl (C=O) groups is 1. The van der Waals surface area contributed by atoms with Gasteiger partial charge in [0.2, 0.25) is 5.90 Å². The van der Waals surface area contributed by atoms with E-state index < -0.39 is 16.1 Å². The first-order chi connectivity index (χ1) is 13.4. The molecule has 0 bridgehead atoms. The average molecular weight is 440 g/mol. The number of aliphatic imine (C=N–C) groups is 1. The van der Waals surface area contributed by atoms with Gasteiger partial charge in [-0.3, -0.25) is 0 Å². The van der Waals surface area contributed by atoms with Crippen molar-refractivity contribution in [2.24, 2.45) is 4.99 Å². The normalized spacial score (nSPS) is 14.9. The summed E-state index contributed by atoms with van der Waals surface area (Å²) in [5.41, 5.74) is 1.70. The molecule has 0 radical (unpaired) electrons. The Hall–Kier alpha value is -1.33. The maximum Gasteiger partial charge on any atom is 1.00 e. The smallest absolute Gasteiger partial charge is 0.748 e. The fraction of sp³-hybridized carbons (Fsp3) is 0.200. The monoisotopic (exact) mass is 439 g/mol. The van der Waals surface area contributed by atoms with E-state index in [1.165, 1.54) is 0 Å². The van der Waals surface area contributed by atoms with Gasteiger partial charge in [0, 0.05) is 11.3 Å². The molecule has 3 rings (SSSR count). The summed E-state index contributed by atoms with van der Waals surface area (Å²) in [7, 11) is -4.17.